The van der Waals surface area contributed by atoms with E-state index in [0.29, 0.717) is 31.1 Å². The number of benzene rings is 1. The molecule has 2 N–H and O–H groups in total. The summed E-state index contributed by atoms with van der Waals surface area (Å²) < 4.78 is 10.8. The predicted octanol–water partition coefficient (Wildman–Crippen LogP) is 6.95. The van der Waals surface area contributed by atoms with Crippen LogP contribution in [-0.4, -0.2) is 45.9 Å². The lowest BCUT2D eigenvalue weighted by molar-refractivity contribution is 0.0913. The first-order chi connectivity index (χ1) is 18.3. The molecule has 0 atom stereocenters. The van der Waals surface area contributed by atoms with Gasteiger partial charge in [0.05, 0.1) is 25.9 Å². The van der Waals surface area contributed by atoms with Gasteiger partial charge in [0.25, 0.3) is 5.91 Å². The molecule has 0 bridgehead atoms. The zero-order valence-electron chi connectivity index (χ0n) is 23.0. The van der Waals surface area contributed by atoms with Gasteiger partial charge in [0.1, 0.15) is 5.75 Å². The summed E-state index contributed by atoms with van der Waals surface area (Å²) in [6.45, 7) is 5.59. The van der Waals surface area contributed by atoms with Gasteiger partial charge in [-0.2, -0.15) is 0 Å². The molecule has 0 aliphatic rings. The van der Waals surface area contributed by atoms with Crippen molar-refractivity contribution in [1.29, 1.82) is 0 Å². The number of hydrogen-bond acceptors (Lipinski definition) is 4. The highest BCUT2D eigenvalue weighted by Crippen LogP contribution is 2.16. The lowest BCUT2D eigenvalue weighted by Crippen LogP contribution is -2.28. The largest absolute Gasteiger partial charge is 0.496 e. The van der Waals surface area contributed by atoms with E-state index in [1.54, 1.807) is 19.2 Å². The molecule has 0 aliphatic carbocycles. The molecule has 204 valence electrons. The number of carbonyl (C=O) groups is 1. The zero-order valence-corrected chi connectivity index (χ0v) is 23.0. The fraction of sp³-hybridized carbons (Fsp3) is 0.469. The van der Waals surface area contributed by atoms with E-state index in [2.05, 4.69) is 78.3 Å². The maximum absolute atomic E-state index is 12.2. The van der Waals surface area contributed by atoms with E-state index in [0.717, 1.165) is 58.0 Å². The van der Waals surface area contributed by atoms with Crippen molar-refractivity contribution in [2.24, 2.45) is 0 Å². The fourth-order valence-corrected chi connectivity index (χ4v) is 3.42. The van der Waals surface area contributed by atoms with Crippen molar-refractivity contribution < 1.29 is 14.3 Å². The van der Waals surface area contributed by atoms with Crippen molar-refractivity contribution in [3.05, 3.63) is 90.6 Å². The molecule has 0 heterocycles. The molecule has 1 aromatic carbocycles. The van der Waals surface area contributed by atoms with E-state index >= 15 is 0 Å². The van der Waals surface area contributed by atoms with Crippen molar-refractivity contribution in [3.63, 3.8) is 0 Å². The van der Waals surface area contributed by atoms with Gasteiger partial charge in [-0.15, -0.1) is 0 Å². The molecule has 0 saturated heterocycles. The van der Waals surface area contributed by atoms with Crippen molar-refractivity contribution in [3.8, 4) is 5.75 Å². The highest BCUT2D eigenvalue weighted by Gasteiger charge is 2.10. The minimum absolute atomic E-state index is 0.147. The van der Waals surface area contributed by atoms with Gasteiger partial charge in [-0.25, -0.2) is 0 Å². The third kappa shape index (κ3) is 19.0. The van der Waals surface area contributed by atoms with Crippen molar-refractivity contribution in [2.75, 3.05) is 40.0 Å². The second-order valence-electron chi connectivity index (χ2n) is 8.52. The SMILES string of the molecule is CC/C=C\CC=CCC=CC/C=C\C/C=C\CCCCNCCOCCNC(=O)c1ccccc1OC. The van der Waals surface area contributed by atoms with Crippen LogP contribution < -0.4 is 15.4 Å². The smallest absolute Gasteiger partial charge is 0.255 e. The Morgan fingerprint density at radius 3 is 2.00 bits per heavy atom. The molecule has 0 saturated carbocycles. The first-order valence-electron chi connectivity index (χ1n) is 13.7. The Kier molecular flexibility index (Phi) is 21.5. The highest BCUT2D eigenvalue weighted by atomic mass is 16.5. The minimum Gasteiger partial charge on any atom is -0.496 e. The van der Waals surface area contributed by atoms with E-state index < -0.39 is 0 Å². The van der Waals surface area contributed by atoms with Crippen molar-refractivity contribution in [1.82, 2.24) is 10.6 Å². The van der Waals surface area contributed by atoms with E-state index in [-0.39, 0.29) is 5.91 Å². The number of methoxy groups -OCH3 is 1. The van der Waals surface area contributed by atoms with Crippen LogP contribution in [0.15, 0.2) is 85.0 Å². The maximum Gasteiger partial charge on any atom is 0.255 e. The molecule has 5 nitrogen and oxygen atoms in total. The summed E-state index contributed by atoms with van der Waals surface area (Å²) in [5.41, 5.74) is 0.538. The fourth-order valence-electron chi connectivity index (χ4n) is 3.42. The molecule has 0 radical (unpaired) electrons. The molecule has 37 heavy (non-hydrogen) atoms. The summed E-state index contributed by atoms with van der Waals surface area (Å²) in [7, 11) is 1.56. The number of para-hydroxylation sites is 1. The Bertz CT molecular complexity index is 840. The monoisotopic (exact) mass is 508 g/mol. The Morgan fingerprint density at radius 2 is 1.35 bits per heavy atom. The Hall–Kier alpha value is -2.89. The maximum atomic E-state index is 12.2. The normalized spacial score (nSPS) is 12.2. The third-order valence-corrected chi connectivity index (χ3v) is 5.44. The lowest BCUT2D eigenvalue weighted by Gasteiger charge is -2.09. The molecular formula is C32H48N2O3. The zero-order chi connectivity index (χ0) is 26.7. The molecular weight excluding hydrogens is 460 g/mol. The summed E-state index contributed by atoms with van der Waals surface area (Å²) in [4.78, 5) is 12.2. The Morgan fingerprint density at radius 1 is 0.757 bits per heavy atom. The second-order valence-corrected chi connectivity index (χ2v) is 8.52. The van der Waals surface area contributed by atoms with Gasteiger partial charge in [0, 0.05) is 13.1 Å². The van der Waals surface area contributed by atoms with Crippen molar-refractivity contribution >= 4 is 5.91 Å². The van der Waals surface area contributed by atoms with Gasteiger partial charge in [0.2, 0.25) is 0 Å². The van der Waals surface area contributed by atoms with Gasteiger partial charge >= 0.3 is 0 Å². The minimum atomic E-state index is -0.147. The highest BCUT2D eigenvalue weighted by molar-refractivity contribution is 5.96. The van der Waals surface area contributed by atoms with Crippen LogP contribution in [0.5, 0.6) is 5.75 Å². The van der Waals surface area contributed by atoms with Crippen LogP contribution in [0.4, 0.5) is 0 Å². The lowest BCUT2D eigenvalue weighted by atomic mass is 10.2. The molecule has 1 aromatic rings. The van der Waals surface area contributed by atoms with Gasteiger partial charge in [-0.3, -0.25) is 4.79 Å². The van der Waals surface area contributed by atoms with E-state index in [1.165, 1.54) is 6.42 Å². The number of carbonyl (C=O) groups excluding carboxylic acids is 1. The molecule has 0 aromatic heterocycles. The van der Waals surface area contributed by atoms with Crippen LogP contribution in [-0.2, 0) is 4.74 Å². The summed E-state index contributed by atoms with van der Waals surface area (Å²) >= 11 is 0. The number of nitrogens with one attached hydrogen (secondary N) is 2. The van der Waals surface area contributed by atoms with Gasteiger partial charge in [0.15, 0.2) is 0 Å². The second kappa shape index (κ2) is 24.8. The molecule has 0 spiro atoms. The Balaban J connectivity index is 1.87. The van der Waals surface area contributed by atoms with Gasteiger partial charge in [-0.05, 0) is 70.0 Å². The molecule has 1 rings (SSSR count). The quantitative estimate of drug-likeness (QED) is 0.131. The van der Waals surface area contributed by atoms with Gasteiger partial charge < -0.3 is 20.1 Å². The number of unbranched alkanes of at least 4 members (excludes halogenated alkanes) is 2. The molecule has 0 aliphatic heterocycles. The van der Waals surface area contributed by atoms with E-state index in [9.17, 15) is 4.79 Å². The molecule has 0 fully saturated rings. The third-order valence-electron chi connectivity index (χ3n) is 5.44. The van der Waals surface area contributed by atoms with E-state index in [1.807, 2.05) is 12.1 Å². The molecule has 1 amide bonds. The number of ether oxygens (including phenoxy) is 2. The van der Waals surface area contributed by atoms with Crippen LogP contribution in [0.2, 0.25) is 0 Å². The van der Waals surface area contributed by atoms with Crippen LogP contribution in [0, 0.1) is 0 Å². The Labute approximate surface area is 225 Å². The number of amides is 1. The van der Waals surface area contributed by atoms with Gasteiger partial charge in [-0.1, -0.05) is 79.8 Å². The predicted molar refractivity (Wildman–Crippen MR) is 157 cm³/mol. The first-order valence-corrected chi connectivity index (χ1v) is 13.7. The number of rotatable bonds is 22. The summed E-state index contributed by atoms with van der Waals surface area (Å²) in [5, 5.41) is 6.26. The average Bonchev–Trinajstić information content (AvgIpc) is 2.92. The first kappa shape index (κ1) is 32.1. The standard InChI is InChI=1S/C32H48N2O3/c1-3-4-5-6-7-8-9-10-11-12-13-14-15-16-17-18-19-22-25-33-26-28-37-29-27-34-32(35)30-23-20-21-24-31(30)36-2/h4-5,7-8,10-11,13-14,16-17,20-21,23-24,33H,3,6,9,12,15,18-19,22,25-29H2,1-2H3,(H,34,35)/b5-4-,8-7?,11-10?,14-13-,17-16-. The summed E-state index contributed by atoms with van der Waals surface area (Å²) in [5.74, 6) is 0.429. The molecule has 0 unspecified atom stereocenters. The van der Waals surface area contributed by atoms with E-state index in [4.69, 9.17) is 9.47 Å². The number of allylic oxidation sites excluding steroid dienone is 10. The van der Waals surface area contributed by atoms with Crippen LogP contribution in [0.25, 0.3) is 0 Å². The average molecular weight is 509 g/mol. The molecule has 5 heteroatoms. The van der Waals surface area contributed by atoms with Crippen LogP contribution in [0.1, 0.15) is 68.6 Å². The van der Waals surface area contributed by atoms with Crippen LogP contribution in [0.3, 0.4) is 0 Å². The topological polar surface area (TPSA) is 59.6 Å². The van der Waals surface area contributed by atoms with Crippen LogP contribution >= 0.6 is 0 Å². The van der Waals surface area contributed by atoms with Crippen molar-refractivity contribution in [2.45, 2.75) is 58.3 Å². The number of hydrogen-bond donors (Lipinski definition) is 2. The summed E-state index contributed by atoms with van der Waals surface area (Å²) in [6.07, 6.45) is 31.0. The summed E-state index contributed by atoms with van der Waals surface area (Å²) in [6, 6.07) is 7.20.